The Morgan fingerprint density at radius 3 is 2.46 bits per heavy atom. The average molecular weight is 323 g/mol. The number of para-hydroxylation sites is 1. The van der Waals surface area contributed by atoms with Crippen molar-refractivity contribution in [2.24, 2.45) is 0 Å². The number of carbonyl (C=O) groups is 1. The molecule has 0 saturated heterocycles. The van der Waals surface area contributed by atoms with Crippen molar-refractivity contribution < 1.29 is 4.79 Å². The molecule has 1 heterocycles. The van der Waals surface area contributed by atoms with E-state index in [4.69, 9.17) is 0 Å². The van der Waals surface area contributed by atoms with E-state index in [0.29, 0.717) is 0 Å². The minimum absolute atomic E-state index is 0.111. The van der Waals surface area contributed by atoms with Crippen LogP contribution < -0.4 is 10.2 Å². The predicted molar refractivity (Wildman–Crippen MR) is 99.5 cm³/mol. The Kier molecular flexibility index (Phi) is 4.74. The molecule has 4 nitrogen and oxygen atoms in total. The number of nitrogens with one attached hydrogen (secondary N) is 1. The highest BCUT2D eigenvalue weighted by Crippen LogP contribution is 2.33. The van der Waals surface area contributed by atoms with Crippen LogP contribution in [0.15, 0.2) is 48.5 Å². The van der Waals surface area contributed by atoms with E-state index in [9.17, 15) is 4.79 Å². The van der Waals surface area contributed by atoms with Crippen LogP contribution in [-0.2, 0) is 0 Å². The summed E-state index contributed by atoms with van der Waals surface area (Å²) >= 11 is 0. The van der Waals surface area contributed by atoms with Crippen LogP contribution in [0, 0.1) is 0 Å². The van der Waals surface area contributed by atoms with Gasteiger partial charge in [-0.05, 0) is 36.2 Å². The lowest BCUT2D eigenvalue weighted by Gasteiger charge is -2.38. The van der Waals surface area contributed by atoms with E-state index >= 15 is 0 Å². The Morgan fingerprint density at radius 2 is 1.79 bits per heavy atom. The molecule has 1 aliphatic rings. The van der Waals surface area contributed by atoms with Crippen LogP contribution in [0.2, 0.25) is 0 Å². The molecule has 0 fully saturated rings. The molecule has 0 bridgehead atoms. The fraction of sp³-hybridized carbons (Fsp3) is 0.350. The topological polar surface area (TPSA) is 35.6 Å². The second-order valence-electron chi connectivity index (χ2n) is 6.43. The van der Waals surface area contributed by atoms with Gasteiger partial charge in [-0.3, -0.25) is 4.79 Å². The lowest BCUT2D eigenvalue weighted by Crippen LogP contribution is -2.43. The first-order valence-electron chi connectivity index (χ1n) is 8.55. The van der Waals surface area contributed by atoms with Gasteiger partial charge in [0.15, 0.2) is 0 Å². The summed E-state index contributed by atoms with van der Waals surface area (Å²) in [7, 11) is 4.06. The van der Waals surface area contributed by atoms with Gasteiger partial charge in [0.2, 0.25) is 0 Å². The zero-order valence-electron chi connectivity index (χ0n) is 14.6. The molecule has 3 rings (SSSR count). The molecule has 0 saturated carbocycles. The highest BCUT2D eigenvalue weighted by molar-refractivity contribution is 6.01. The molecule has 2 aromatic rings. The summed E-state index contributed by atoms with van der Waals surface area (Å²) in [5.74, 6) is 0.111. The third-order valence-corrected chi connectivity index (χ3v) is 4.50. The minimum atomic E-state index is -0.116. The molecule has 1 aliphatic heterocycles. The minimum Gasteiger partial charge on any atom is -0.378 e. The van der Waals surface area contributed by atoms with E-state index in [1.807, 2.05) is 43.3 Å². The van der Waals surface area contributed by atoms with Gasteiger partial charge in [-0.25, -0.2) is 0 Å². The summed E-state index contributed by atoms with van der Waals surface area (Å²) in [6.45, 7) is 2.91. The maximum absolute atomic E-state index is 13.0. The number of rotatable bonds is 5. The Labute approximate surface area is 144 Å². The van der Waals surface area contributed by atoms with Crippen molar-refractivity contribution in [1.29, 1.82) is 0 Å². The maximum Gasteiger partial charge on any atom is 0.257 e. The highest BCUT2D eigenvalue weighted by atomic mass is 16.2. The van der Waals surface area contributed by atoms with Crippen LogP contribution in [0.1, 0.15) is 41.9 Å². The van der Waals surface area contributed by atoms with Gasteiger partial charge in [-0.2, -0.15) is 0 Å². The SMILES string of the molecule is CCCCN1C(=O)c2ccccc2NC1c1ccc(N(C)C)cc1. The largest absolute Gasteiger partial charge is 0.378 e. The monoisotopic (exact) mass is 323 g/mol. The van der Waals surface area contributed by atoms with E-state index in [0.717, 1.165) is 41.9 Å². The van der Waals surface area contributed by atoms with Crippen molar-refractivity contribution in [2.45, 2.75) is 25.9 Å². The van der Waals surface area contributed by atoms with Gasteiger partial charge in [0.25, 0.3) is 5.91 Å². The van der Waals surface area contributed by atoms with Gasteiger partial charge >= 0.3 is 0 Å². The molecule has 0 aliphatic carbocycles. The van der Waals surface area contributed by atoms with E-state index < -0.39 is 0 Å². The number of nitrogens with zero attached hydrogens (tertiary/aromatic N) is 2. The Balaban J connectivity index is 1.95. The molecule has 1 unspecified atom stereocenters. The number of fused-ring (bicyclic) bond motifs is 1. The molecule has 24 heavy (non-hydrogen) atoms. The van der Waals surface area contributed by atoms with Gasteiger partial charge in [0.1, 0.15) is 6.17 Å². The number of hydrogen-bond donors (Lipinski definition) is 1. The third kappa shape index (κ3) is 3.09. The number of hydrogen-bond acceptors (Lipinski definition) is 3. The maximum atomic E-state index is 13.0. The highest BCUT2D eigenvalue weighted by Gasteiger charge is 2.32. The molecular weight excluding hydrogens is 298 g/mol. The molecule has 0 spiro atoms. The van der Waals surface area contributed by atoms with Gasteiger partial charge in [-0.15, -0.1) is 0 Å². The number of anilines is 2. The van der Waals surface area contributed by atoms with Gasteiger partial charge in [0.05, 0.1) is 5.56 Å². The molecular formula is C20H25N3O. The Morgan fingerprint density at radius 1 is 1.08 bits per heavy atom. The van der Waals surface area contributed by atoms with E-state index in [-0.39, 0.29) is 12.1 Å². The van der Waals surface area contributed by atoms with Crippen molar-refractivity contribution in [3.05, 3.63) is 59.7 Å². The smallest absolute Gasteiger partial charge is 0.257 e. The van der Waals surface area contributed by atoms with Crippen LogP contribution in [0.25, 0.3) is 0 Å². The summed E-state index contributed by atoms with van der Waals surface area (Å²) in [5, 5.41) is 3.54. The van der Waals surface area contributed by atoms with Gasteiger partial charge in [0, 0.05) is 32.0 Å². The molecule has 0 radical (unpaired) electrons. The Hall–Kier alpha value is -2.49. The molecule has 4 heteroatoms. The van der Waals surface area contributed by atoms with Crippen LogP contribution >= 0.6 is 0 Å². The molecule has 1 N–H and O–H groups in total. The average Bonchev–Trinajstić information content (AvgIpc) is 2.61. The van der Waals surface area contributed by atoms with Crippen LogP contribution in [0.5, 0.6) is 0 Å². The van der Waals surface area contributed by atoms with Crippen molar-refractivity contribution in [1.82, 2.24) is 4.90 Å². The Bertz CT molecular complexity index is 709. The molecule has 2 aromatic carbocycles. The van der Waals surface area contributed by atoms with Crippen molar-refractivity contribution >= 4 is 17.3 Å². The predicted octanol–water partition coefficient (Wildman–Crippen LogP) is 4.12. The standard InChI is InChI=1S/C20H25N3O/c1-4-5-14-23-19(15-10-12-16(13-11-15)22(2)3)21-18-9-7-6-8-17(18)20(23)24/h6-13,19,21H,4-5,14H2,1-3H3. The first-order chi connectivity index (χ1) is 11.6. The van der Waals surface area contributed by atoms with Crippen molar-refractivity contribution in [3.63, 3.8) is 0 Å². The summed E-state index contributed by atoms with van der Waals surface area (Å²) in [4.78, 5) is 17.0. The molecule has 1 atom stereocenters. The van der Waals surface area contributed by atoms with Crippen LogP contribution in [0.4, 0.5) is 11.4 Å². The fourth-order valence-corrected chi connectivity index (χ4v) is 3.07. The molecule has 1 amide bonds. The molecule has 0 aromatic heterocycles. The van der Waals surface area contributed by atoms with E-state index in [1.54, 1.807) is 0 Å². The van der Waals surface area contributed by atoms with Gasteiger partial charge in [-0.1, -0.05) is 37.6 Å². The summed E-state index contributed by atoms with van der Waals surface area (Å²) in [5.41, 5.74) is 3.94. The van der Waals surface area contributed by atoms with Crippen molar-refractivity contribution in [2.75, 3.05) is 30.9 Å². The van der Waals surface area contributed by atoms with Crippen molar-refractivity contribution in [3.8, 4) is 0 Å². The third-order valence-electron chi connectivity index (χ3n) is 4.50. The van der Waals surface area contributed by atoms with Gasteiger partial charge < -0.3 is 15.1 Å². The lowest BCUT2D eigenvalue weighted by atomic mass is 10.0. The number of carbonyl (C=O) groups excluding carboxylic acids is 1. The van der Waals surface area contributed by atoms with E-state index in [2.05, 4.69) is 41.4 Å². The lowest BCUT2D eigenvalue weighted by molar-refractivity contribution is 0.0680. The zero-order valence-corrected chi connectivity index (χ0v) is 14.6. The van der Waals surface area contributed by atoms with Crippen LogP contribution in [0.3, 0.4) is 0 Å². The zero-order chi connectivity index (χ0) is 17.1. The quantitative estimate of drug-likeness (QED) is 0.899. The van der Waals surface area contributed by atoms with E-state index in [1.165, 1.54) is 0 Å². The fourth-order valence-electron chi connectivity index (χ4n) is 3.07. The number of amides is 1. The summed E-state index contributed by atoms with van der Waals surface area (Å²) in [6.07, 6.45) is 1.95. The second kappa shape index (κ2) is 6.95. The normalized spacial score (nSPS) is 16.5. The molecule has 126 valence electrons. The summed E-state index contributed by atoms with van der Waals surface area (Å²) < 4.78 is 0. The first kappa shape index (κ1) is 16.4. The first-order valence-corrected chi connectivity index (χ1v) is 8.55. The number of benzene rings is 2. The van der Waals surface area contributed by atoms with Crippen LogP contribution in [-0.4, -0.2) is 31.4 Å². The summed E-state index contributed by atoms with van der Waals surface area (Å²) in [6, 6.07) is 16.2. The number of unbranched alkanes of at least 4 members (excludes halogenated alkanes) is 1. The second-order valence-corrected chi connectivity index (χ2v) is 6.43.